The van der Waals surface area contributed by atoms with E-state index in [9.17, 15) is 0 Å². The van der Waals surface area contributed by atoms with Gasteiger partial charge in [0.05, 0.1) is 0 Å². The van der Waals surface area contributed by atoms with Gasteiger partial charge in [0.2, 0.25) is 0 Å². The van der Waals surface area contributed by atoms with Crippen LogP contribution in [0.1, 0.15) is 37.7 Å². The Kier molecular flexibility index (Phi) is 5.79. The highest BCUT2D eigenvalue weighted by Crippen LogP contribution is 2.53. The van der Waals surface area contributed by atoms with Gasteiger partial charge in [0, 0.05) is 27.3 Å². The number of benzene rings is 4. The second kappa shape index (κ2) is 9.53. The average molecular weight is 532 g/mol. The van der Waals surface area contributed by atoms with Crippen LogP contribution in [-0.2, 0) is 5.41 Å². The van der Waals surface area contributed by atoms with E-state index in [0.29, 0.717) is 17.5 Å². The summed E-state index contributed by atoms with van der Waals surface area (Å²) in [6.07, 6.45) is 7.59. The van der Waals surface area contributed by atoms with Crippen LogP contribution in [0.25, 0.3) is 61.4 Å². The summed E-state index contributed by atoms with van der Waals surface area (Å²) in [5.74, 6) is 1.96. The van der Waals surface area contributed by atoms with E-state index in [0.717, 1.165) is 33.3 Å². The van der Waals surface area contributed by atoms with Crippen LogP contribution in [0.15, 0.2) is 120 Å². The third-order valence-corrected chi connectivity index (χ3v) is 8.05. The molecule has 4 nitrogen and oxygen atoms in total. The minimum atomic E-state index is -0.198. The van der Waals surface area contributed by atoms with Gasteiger partial charge in [0.25, 0.3) is 0 Å². The molecule has 2 heterocycles. The third-order valence-electron chi connectivity index (χ3n) is 8.05. The van der Waals surface area contributed by atoms with E-state index < -0.39 is 0 Å². The SMILES string of the molecule is C=C/C=C\C=C(/C)c1nc(-c2ccccc2)nc(-c2ccc3c(c2)C(C)(C)c2ccc4oc5ccccc5c4c2-3)n1. The van der Waals surface area contributed by atoms with Crippen molar-refractivity contribution < 1.29 is 4.42 Å². The van der Waals surface area contributed by atoms with Gasteiger partial charge in [-0.1, -0.05) is 111 Å². The van der Waals surface area contributed by atoms with E-state index in [1.807, 2.05) is 67.6 Å². The van der Waals surface area contributed by atoms with Crippen LogP contribution in [0.5, 0.6) is 0 Å². The lowest BCUT2D eigenvalue weighted by Crippen LogP contribution is -2.15. The molecule has 6 aromatic rings. The topological polar surface area (TPSA) is 51.8 Å². The van der Waals surface area contributed by atoms with Crippen molar-refractivity contribution in [1.29, 1.82) is 0 Å². The summed E-state index contributed by atoms with van der Waals surface area (Å²) in [4.78, 5) is 14.7. The van der Waals surface area contributed by atoms with E-state index in [1.54, 1.807) is 6.08 Å². The quantitative estimate of drug-likeness (QED) is 0.208. The maximum absolute atomic E-state index is 6.24. The lowest BCUT2D eigenvalue weighted by Gasteiger charge is -2.22. The van der Waals surface area contributed by atoms with Gasteiger partial charge in [-0.05, 0) is 52.9 Å². The van der Waals surface area contributed by atoms with Gasteiger partial charge in [0.15, 0.2) is 17.5 Å². The van der Waals surface area contributed by atoms with Crippen molar-refractivity contribution in [2.75, 3.05) is 0 Å². The summed E-state index contributed by atoms with van der Waals surface area (Å²) in [5.41, 5.74) is 9.55. The third kappa shape index (κ3) is 4.03. The van der Waals surface area contributed by atoms with Crippen molar-refractivity contribution in [1.82, 2.24) is 15.0 Å². The zero-order chi connectivity index (χ0) is 28.1. The molecule has 0 fully saturated rings. The Balaban J connectivity index is 1.42. The number of allylic oxidation sites excluding steroid dienone is 5. The van der Waals surface area contributed by atoms with E-state index >= 15 is 0 Å². The molecule has 0 aliphatic heterocycles. The Morgan fingerprint density at radius 1 is 0.756 bits per heavy atom. The van der Waals surface area contributed by atoms with Crippen molar-refractivity contribution in [2.24, 2.45) is 0 Å². The maximum Gasteiger partial charge on any atom is 0.164 e. The van der Waals surface area contributed by atoms with E-state index in [2.05, 4.69) is 62.9 Å². The second-order valence-electron chi connectivity index (χ2n) is 11.0. The van der Waals surface area contributed by atoms with Crippen LogP contribution in [0.2, 0.25) is 0 Å². The number of para-hydroxylation sites is 1. The smallest absolute Gasteiger partial charge is 0.164 e. The Morgan fingerprint density at radius 3 is 2.32 bits per heavy atom. The van der Waals surface area contributed by atoms with Crippen molar-refractivity contribution in [2.45, 2.75) is 26.2 Å². The van der Waals surface area contributed by atoms with Crippen LogP contribution in [0.4, 0.5) is 0 Å². The van der Waals surface area contributed by atoms with Crippen LogP contribution < -0.4 is 0 Å². The van der Waals surface area contributed by atoms with Gasteiger partial charge < -0.3 is 4.42 Å². The van der Waals surface area contributed by atoms with Gasteiger partial charge in [-0.15, -0.1) is 0 Å². The molecule has 1 aliphatic carbocycles. The second-order valence-corrected chi connectivity index (χ2v) is 11.0. The molecule has 0 atom stereocenters. The molecular formula is C37H29N3O. The number of nitrogens with zero attached hydrogens (tertiary/aromatic N) is 3. The molecule has 4 aromatic carbocycles. The molecule has 2 aromatic heterocycles. The fourth-order valence-electron chi connectivity index (χ4n) is 5.93. The standard InChI is InChI=1S/C37H29N3O/c1-5-6-8-13-23(2)34-38-35(24-14-9-7-10-15-24)40-36(39-34)25-18-19-26-29(22-25)37(3,4)28-20-21-31-33(32(26)28)27-16-11-12-17-30(27)41-31/h5-22H,1H2,2-4H3/b8-6-,23-13+. The summed E-state index contributed by atoms with van der Waals surface area (Å²) >= 11 is 0. The minimum Gasteiger partial charge on any atom is -0.456 e. The largest absolute Gasteiger partial charge is 0.456 e. The first-order valence-electron chi connectivity index (χ1n) is 13.8. The van der Waals surface area contributed by atoms with Crippen molar-refractivity contribution >= 4 is 27.5 Å². The Labute approximate surface area is 239 Å². The summed E-state index contributed by atoms with van der Waals surface area (Å²) in [6, 6.07) is 29.3. The van der Waals surface area contributed by atoms with E-state index in [4.69, 9.17) is 19.4 Å². The molecule has 198 valence electrons. The molecule has 0 N–H and O–H groups in total. The molecule has 0 amide bonds. The Hall–Kier alpha value is -5.09. The number of aromatic nitrogens is 3. The molecule has 0 bridgehead atoms. The fourth-order valence-corrected chi connectivity index (χ4v) is 5.93. The number of hydrogen-bond acceptors (Lipinski definition) is 4. The van der Waals surface area contributed by atoms with Crippen molar-refractivity contribution in [3.8, 4) is 33.9 Å². The highest BCUT2D eigenvalue weighted by molar-refractivity contribution is 6.15. The molecule has 4 heteroatoms. The normalized spacial score (nSPS) is 14.1. The highest BCUT2D eigenvalue weighted by atomic mass is 16.3. The molecule has 0 spiro atoms. The minimum absolute atomic E-state index is 0.198. The average Bonchev–Trinajstić information content (AvgIpc) is 3.49. The van der Waals surface area contributed by atoms with Crippen LogP contribution >= 0.6 is 0 Å². The molecule has 0 saturated heterocycles. The lowest BCUT2D eigenvalue weighted by atomic mass is 9.81. The molecule has 0 unspecified atom stereocenters. The summed E-state index contributed by atoms with van der Waals surface area (Å²) in [5, 5.41) is 2.33. The molecule has 0 saturated carbocycles. The Morgan fingerprint density at radius 2 is 1.51 bits per heavy atom. The van der Waals surface area contributed by atoms with Crippen LogP contribution in [0.3, 0.4) is 0 Å². The maximum atomic E-state index is 6.24. The first kappa shape index (κ1) is 24.9. The Bertz CT molecular complexity index is 2040. The summed E-state index contributed by atoms with van der Waals surface area (Å²) in [7, 11) is 0. The summed E-state index contributed by atoms with van der Waals surface area (Å²) < 4.78 is 6.24. The number of rotatable bonds is 5. The predicted molar refractivity (Wildman–Crippen MR) is 169 cm³/mol. The number of furan rings is 1. The molecule has 41 heavy (non-hydrogen) atoms. The van der Waals surface area contributed by atoms with E-state index in [1.165, 1.54) is 27.6 Å². The number of fused-ring (bicyclic) bond motifs is 7. The fraction of sp³-hybridized carbons (Fsp3) is 0.108. The highest BCUT2D eigenvalue weighted by Gasteiger charge is 2.37. The zero-order valence-electron chi connectivity index (χ0n) is 23.3. The predicted octanol–water partition coefficient (Wildman–Crippen LogP) is 9.56. The monoisotopic (exact) mass is 531 g/mol. The van der Waals surface area contributed by atoms with Gasteiger partial charge in [0.1, 0.15) is 11.2 Å². The van der Waals surface area contributed by atoms with Gasteiger partial charge >= 0.3 is 0 Å². The van der Waals surface area contributed by atoms with Crippen molar-refractivity contribution in [3.05, 3.63) is 133 Å². The van der Waals surface area contributed by atoms with Gasteiger partial charge in [-0.25, -0.2) is 15.0 Å². The van der Waals surface area contributed by atoms with Gasteiger partial charge in [-0.3, -0.25) is 0 Å². The lowest BCUT2D eigenvalue weighted by molar-refractivity contribution is 0.656. The van der Waals surface area contributed by atoms with Crippen molar-refractivity contribution in [3.63, 3.8) is 0 Å². The zero-order valence-corrected chi connectivity index (χ0v) is 23.3. The molecule has 0 radical (unpaired) electrons. The first-order chi connectivity index (χ1) is 20.0. The molecule has 1 aliphatic rings. The van der Waals surface area contributed by atoms with Crippen LogP contribution in [-0.4, -0.2) is 15.0 Å². The molecule has 7 rings (SSSR count). The van der Waals surface area contributed by atoms with E-state index in [-0.39, 0.29) is 5.41 Å². The first-order valence-corrected chi connectivity index (χ1v) is 13.8. The number of hydrogen-bond donors (Lipinski definition) is 0. The van der Waals surface area contributed by atoms with Crippen LogP contribution in [0, 0.1) is 0 Å². The summed E-state index contributed by atoms with van der Waals surface area (Å²) in [6.45, 7) is 10.4. The van der Waals surface area contributed by atoms with Gasteiger partial charge in [-0.2, -0.15) is 0 Å². The molecular weight excluding hydrogens is 502 g/mol.